The number of amides is 1. The number of fused-ring (bicyclic) bond motifs is 1. The molecule has 0 spiro atoms. The molecule has 0 saturated carbocycles. The van der Waals surface area contributed by atoms with E-state index in [-0.39, 0.29) is 18.0 Å². The highest BCUT2D eigenvalue weighted by atomic mass is 19.2. The summed E-state index contributed by atoms with van der Waals surface area (Å²) < 4.78 is 33.0. The summed E-state index contributed by atoms with van der Waals surface area (Å²) in [6.07, 6.45) is 1.63. The second kappa shape index (κ2) is 8.67. The maximum Gasteiger partial charge on any atom is 0.340 e. The first-order valence-electron chi connectivity index (χ1n) is 11.3. The van der Waals surface area contributed by atoms with E-state index in [4.69, 9.17) is 4.74 Å². The van der Waals surface area contributed by atoms with Crippen molar-refractivity contribution < 1.29 is 23.1 Å². The molecule has 36 heavy (non-hydrogen) atoms. The predicted octanol–water partition coefficient (Wildman–Crippen LogP) is 5.53. The van der Waals surface area contributed by atoms with Gasteiger partial charge in [0.15, 0.2) is 11.6 Å². The molecular weight excluding hydrogens is 466 g/mol. The van der Waals surface area contributed by atoms with Gasteiger partial charge in [0.2, 0.25) is 0 Å². The zero-order chi connectivity index (χ0) is 25.6. The Morgan fingerprint density at radius 3 is 2.39 bits per heavy atom. The lowest BCUT2D eigenvalue weighted by molar-refractivity contribution is 0.00704. The highest BCUT2D eigenvalue weighted by Gasteiger charge is 2.33. The maximum absolute atomic E-state index is 13.9. The van der Waals surface area contributed by atoms with Gasteiger partial charge < -0.3 is 9.64 Å². The summed E-state index contributed by atoms with van der Waals surface area (Å²) in [5.41, 5.74) is 3.25. The van der Waals surface area contributed by atoms with Crippen molar-refractivity contribution in [2.45, 2.75) is 32.9 Å². The van der Waals surface area contributed by atoms with Crippen LogP contribution < -0.4 is 4.90 Å². The molecule has 5 rings (SSSR count). The van der Waals surface area contributed by atoms with Crippen LogP contribution in [-0.2, 0) is 11.3 Å². The average Bonchev–Trinajstić information content (AvgIpc) is 3.48. The van der Waals surface area contributed by atoms with E-state index in [0.29, 0.717) is 28.1 Å². The minimum atomic E-state index is -0.990. The number of rotatable bonds is 4. The van der Waals surface area contributed by atoms with E-state index in [1.54, 1.807) is 45.2 Å². The Morgan fingerprint density at radius 1 is 0.972 bits per heavy atom. The van der Waals surface area contributed by atoms with Crippen LogP contribution in [0.5, 0.6) is 0 Å². The van der Waals surface area contributed by atoms with Crippen molar-refractivity contribution in [3.05, 3.63) is 89.1 Å². The molecule has 0 atom stereocenters. The molecule has 182 valence electrons. The lowest BCUT2D eigenvalue weighted by atomic mass is 10.0. The third kappa shape index (κ3) is 4.35. The van der Waals surface area contributed by atoms with Crippen LogP contribution in [0.4, 0.5) is 14.5 Å². The molecule has 7 nitrogen and oxygen atoms in total. The van der Waals surface area contributed by atoms with Crippen LogP contribution in [0.1, 0.15) is 47.1 Å². The van der Waals surface area contributed by atoms with Crippen LogP contribution in [0, 0.1) is 11.6 Å². The standard InChI is InChI=1S/C27H22F2N4O3/c1-27(2,3)36-26(35)19-8-6-16(15-7-9-21(28)22(29)11-15)12-24(19)33-14-18-5-4-17(10-20(18)25(33)34)23-13-30-32-31-23/h4-13H,14H2,1-3H3,(H,30,31,32). The zero-order valence-corrected chi connectivity index (χ0v) is 19.8. The SMILES string of the molecule is CC(C)(C)OC(=O)c1ccc(-c2ccc(F)c(F)c2)cc1N1Cc2ccc(-c3c[nH]nn3)cc2C1=O. The molecule has 9 heteroatoms. The number of aromatic nitrogens is 3. The van der Waals surface area contributed by atoms with Gasteiger partial charge in [-0.25, -0.2) is 13.6 Å². The molecular formula is C27H22F2N4O3. The second-order valence-electron chi connectivity index (χ2n) is 9.48. The fourth-order valence-corrected chi connectivity index (χ4v) is 4.11. The van der Waals surface area contributed by atoms with Crippen LogP contribution in [0.3, 0.4) is 0 Å². The van der Waals surface area contributed by atoms with Gasteiger partial charge in [-0.05, 0) is 67.8 Å². The quantitative estimate of drug-likeness (QED) is 0.382. The van der Waals surface area contributed by atoms with Gasteiger partial charge in [0.05, 0.1) is 17.8 Å². The number of carbonyl (C=O) groups excluding carboxylic acids is 2. The van der Waals surface area contributed by atoms with E-state index < -0.39 is 23.2 Å². The van der Waals surface area contributed by atoms with Gasteiger partial charge in [0, 0.05) is 17.3 Å². The minimum absolute atomic E-state index is 0.189. The molecule has 4 aromatic rings. The van der Waals surface area contributed by atoms with Crippen molar-refractivity contribution >= 4 is 17.6 Å². The first kappa shape index (κ1) is 23.3. The molecule has 0 unspecified atom stereocenters. The van der Waals surface area contributed by atoms with E-state index in [0.717, 1.165) is 23.3 Å². The van der Waals surface area contributed by atoms with Crippen molar-refractivity contribution in [3.63, 3.8) is 0 Å². The van der Waals surface area contributed by atoms with Gasteiger partial charge in [0.1, 0.15) is 11.3 Å². The highest BCUT2D eigenvalue weighted by molar-refractivity contribution is 6.13. The number of esters is 1. The second-order valence-corrected chi connectivity index (χ2v) is 9.48. The van der Waals surface area contributed by atoms with Gasteiger partial charge in [0.25, 0.3) is 5.91 Å². The number of H-pyrrole nitrogens is 1. The fraction of sp³-hybridized carbons (Fsp3) is 0.185. The normalized spacial score (nSPS) is 13.1. The Hall–Kier alpha value is -4.40. The number of ether oxygens (including phenoxy) is 1. The number of carbonyl (C=O) groups is 2. The fourth-order valence-electron chi connectivity index (χ4n) is 4.11. The van der Waals surface area contributed by atoms with Gasteiger partial charge in [-0.1, -0.05) is 29.5 Å². The smallest absolute Gasteiger partial charge is 0.340 e. The van der Waals surface area contributed by atoms with Gasteiger partial charge in [-0.3, -0.25) is 9.89 Å². The molecule has 1 aromatic heterocycles. The minimum Gasteiger partial charge on any atom is -0.456 e. The Kier molecular flexibility index (Phi) is 5.62. The largest absolute Gasteiger partial charge is 0.456 e. The number of hydrogen-bond donors (Lipinski definition) is 1. The molecule has 0 saturated heterocycles. The molecule has 0 bridgehead atoms. The molecule has 0 radical (unpaired) electrons. The first-order valence-corrected chi connectivity index (χ1v) is 11.3. The number of halogens is 2. The average molecular weight is 488 g/mol. The van der Waals surface area contributed by atoms with Crippen molar-refractivity contribution in [1.29, 1.82) is 0 Å². The number of aromatic amines is 1. The lowest BCUT2D eigenvalue weighted by Crippen LogP contribution is -2.28. The number of anilines is 1. The number of nitrogens with zero attached hydrogens (tertiary/aromatic N) is 3. The van der Waals surface area contributed by atoms with E-state index in [1.165, 1.54) is 17.0 Å². The summed E-state index contributed by atoms with van der Waals surface area (Å²) in [7, 11) is 0. The van der Waals surface area contributed by atoms with Crippen LogP contribution >= 0.6 is 0 Å². The summed E-state index contributed by atoms with van der Waals surface area (Å²) in [5, 5.41) is 10.4. The predicted molar refractivity (Wildman–Crippen MR) is 129 cm³/mol. The van der Waals surface area contributed by atoms with Gasteiger partial charge >= 0.3 is 5.97 Å². The van der Waals surface area contributed by atoms with Crippen molar-refractivity contribution in [2.75, 3.05) is 4.90 Å². The number of benzene rings is 3. The molecule has 1 aliphatic rings. The topological polar surface area (TPSA) is 88.2 Å². The lowest BCUT2D eigenvalue weighted by Gasteiger charge is -2.24. The molecule has 3 aromatic carbocycles. The molecule has 0 aliphatic carbocycles. The summed E-state index contributed by atoms with van der Waals surface area (Å²) in [6.45, 7) is 5.48. The first-order chi connectivity index (χ1) is 17.1. The van der Waals surface area contributed by atoms with E-state index in [2.05, 4.69) is 15.4 Å². The van der Waals surface area contributed by atoms with E-state index in [1.807, 2.05) is 12.1 Å². The van der Waals surface area contributed by atoms with Crippen molar-refractivity contribution in [2.24, 2.45) is 0 Å². The Bertz CT molecular complexity index is 1490. The molecule has 1 aliphatic heterocycles. The van der Waals surface area contributed by atoms with Crippen LogP contribution in [0.25, 0.3) is 22.4 Å². The Morgan fingerprint density at radius 2 is 1.69 bits per heavy atom. The van der Waals surface area contributed by atoms with Gasteiger partial charge in [-0.2, -0.15) is 0 Å². The summed E-state index contributed by atoms with van der Waals surface area (Å²) in [4.78, 5) is 28.1. The zero-order valence-electron chi connectivity index (χ0n) is 19.8. The number of nitrogens with one attached hydrogen (secondary N) is 1. The highest BCUT2D eigenvalue weighted by Crippen LogP contribution is 2.36. The van der Waals surface area contributed by atoms with Crippen LogP contribution in [-0.4, -0.2) is 32.9 Å². The van der Waals surface area contributed by atoms with Crippen LogP contribution in [0.15, 0.2) is 60.8 Å². The maximum atomic E-state index is 13.9. The Balaban J connectivity index is 1.59. The van der Waals surface area contributed by atoms with E-state index >= 15 is 0 Å². The molecule has 0 fully saturated rings. The van der Waals surface area contributed by atoms with E-state index in [9.17, 15) is 18.4 Å². The molecule has 2 heterocycles. The number of hydrogen-bond acceptors (Lipinski definition) is 5. The molecule has 1 N–H and O–H groups in total. The van der Waals surface area contributed by atoms with Crippen molar-refractivity contribution in [1.82, 2.24) is 15.4 Å². The third-order valence-electron chi connectivity index (χ3n) is 5.79. The third-order valence-corrected chi connectivity index (χ3v) is 5.79. The Labute approximate surface area is 205 Å². The summed E-state index contributed by atoms with van der Waals surface area (Å²) in [5.74, 6) is -2.85. The van der Waals surface area contributed by atoms with Crippen LogP contribution in [0.2, 0.25) is 0 Å². The monoisotopic (exact) mass is 488 g/mol. The van der Waals surface area contributed by atoms with Gasteiger partial charge in [-0.15, -0.1) is 5.10 Å². The molecule has 1 amide bonds. The summed E-state index contributed by atoms with van der Waals surface area (Å²) >= 11 is 0. The van der Waals surface area contributed by atoms with Crippen molar-refractivity contribution in [3.8, 4) is 22.4 Å². The summed E-state index contributed by atoms with van der Waals surface area (Å²) in [6, 6.07) is 13.7.